The summed E-state index contributed by atoms with van der Waals surface area (Å²) in [6, 6.07) is 1.87. The second kappa shape index (κ2) is 7.55. The first kappa shape index (κ1) is 14.3. The van der Waals surface area contributed by atoms with Crippen LogP contribution >= 0.6 is 12.4 Å². The highest BCUT2D eigenvalue weighted by Crippen LogP contribution is 2.29. The van der Waals surface area contributed by atoms with Gasteiger partial charge in [-0.05, 0) is 32.2 Å². The Hall–Kier alpha value is 0.250. The summed E-state index contributed by atoms with van der Waals surface area (Å²) in [5.41, 5.74) is 0. The second-order valence-electron chi connectivity index (χ2n) is 5.41. The van der Waals surface area contributed by atoms with E-state index >= 15 is 0 Å². The molecular weight excluding hydrogens is 218 g/mol. The van der Waals surface area contributed by atoms with Crippen LogP contribution in [0.4, 0.5) is 0 Å². The highest BCUT2D eigenvalue weighted by Gasteiger charge is 2.27. The summed E-state index contributed by atoms with van der Waals surface area (Å²) in [4.78, 5) is 2.85. The first-order chi connectivity index (χ1) is 7.42. The molecule has 0 bridgehead atoms. The maximum absolute atomic E-state index is 2.85. The number of hydrogen-bond acceptors (Lipinski definition) is 1. The van der Waals surface area contributed by atoms with Crippen LogP contribution in [0.15, 0.2) is 0 Å². The minimum absolute atomic E-state index is 0. The Bertz CT molecular complexity index is 154. The van der Waals surface area contributed by atoms with Crippen LogP contribution in [-0.2, 0) is 0 Å². The van der Waals surface area contributed by atoms with Gasteiger partial charge < -0.3 is 0 Å². The molecule has 16 heavy (non-hydrogen) atoms. The molecule has 0 N–H and O–H groups in total. The van der Waals surface area contributed by atoms with Crippen molar-refractivity contribution < 1.29 is 0 Å². The van der Waals surface area contributed by atoms with Crippen LogP contribution in [0, 0.1) is 0 Å². The van der Waals surface area contributed by atoms with Crippen molar-refractivity contribution in [2.24, 2.45) is 0 Å². The molecule has 0 aromatic rings. The molecule has 2 fully saturated rings. The van der Waals surface area contributed by atoms with Crippen molar-refractivity contribution in [1.82, 2.24) is 4.90 Å². The van der Waals surface area contributed by atoms with Gasteiger partial charge in [0, 0.05) is 12.1 Å². The molecule has 0 aromatic heterocycles. The number of halogens is 1. The standard InChI is InChI=1S/C14H27N.ClH/c1-2-15(13-9-5-3-6-10-13)14-11-7-4-8-12-14;/h13-14H,2-12H2,1H3;1H. The molecule has 0 atom stereocenters. The lowest BCUT2D eigenvalue weighted by Gasteiger charge is -2.41. The fourth-order valence-electron chi connectivity index (χ4n) is 3.64. The lowest BCUT2D eigenvalue weighted by atomic mass is 9.89. The van der Waals surface area contributed by atoms with E-state index < -0.39 is 0 Å². The summed E-state index contributed by atoms with van der Waals surface area (Å²) < 4.78 is 0. The molecule has 2 aliphatic rings. The van der Waals surface area contributed by atoms with Gasteiger partial charge in [0.15, 0.2) is 0 Å². The zero-order valence-corrected chi connectivity index (χ0v) is 11.6. The Morgan fingerprint density at radius 3 is 1.44 bits per heavy atom. The van der Waals surface area contributed by atoms with Gasteiger partial charge in [0.1, 0.15) is 0 Å². The summed E-state index contributed by atoms with van der Waals surface area (Å²) in [7, 11) is 0. The van der Waals surface area contributed by atoms with Crippen molar-refractivity contribution in [3.05, 3.63) is 0 Å². The van der Waals surface area contributed by atoms with Crippen LogP contribution in [0.3, 0.4) is 0 Å². The molecule has 2 rings (SSSR count). The number of nitrogens with zero attached hydrogens (tertiary/aromatic N) is 1. The Balaban J connectivity index is 0.00000128. The van der Waals surface area contributed by atoms with Crippen molar-refractivity contribution in [3.8, 4) is 0 Å². The van der Waals surface area contributed by atoms with Crippen LogP contribution in [0.5, 0.6) is 0 Å². The van der Waals surface area contributed by atoms with E-state index in [1.807, 2.05) is 0 Å². The highest BCUT2D eigenvalue weighted by atomic mass is 35.5. The minimum atomic E-state index is 0. The molecule has 1 nitrogen and oxygen atoms in total. The van der Waals surface area contributed by atoms with Gasteiger partial charge in [-0.1, -0.05) is 45.4 Å². The summed E-state index contributed by atoms with van der Waals surface area (Å²) in [6.07, 6.45) is 14.8. The van der Waals surface area contributed by atoms with Gasteiger partial charge in [-0.25, -0.2) is 0 Å². The maximum atomic E-state index is 2.85. The van der Waals surface area contributed by atoms with Gasteiger partial charge >= 0.3 is 0 Å². The maximum Gasteiger partial charge on any atom is 0.00980 e. The molecule has 96 valence electrons. The predicted molar refractivity (Wildman–Crippen MR) is 73.4 cm³/mol. The van der Waals surface area contributed by atoms with E-state index in [1.165, 1.54) is 70.8 Å². The topological polar surface area (TPSA) is 3.24 Å². The normalized spacial score (nSPS) is 24.4. The molecule has 0 unspecified atom stereocenters. The molecule has 0 saturated heterocycles. The van der Waals surface area contributed by atoms with Crippen molar-refractivity contribution in [2.75, 3.05) is 6.54 Å². The number of hydrogen-bond donors (Lipinski definition) is 0. The average Bonchev–Trinajstić information content (AvgIpc) is 2.33. The van der Waals surface area contributed by atoms with Crippen molar-refractivity contribution in [2.45, 2.75) is 83.2 Å². The third-order valence-corrected chi connectivity index (χ3v) is 4.45. The smallest absolute Gasteiger partial charge is 0.00980 e. The van der Waals surface area contributed by atoms with Gasteiger partial charge in [-0.2, -0.15) is 0 Å². The van der Waals surface area contributed by atoms with Gasteiger partial charge in [0.2, 0.25) is 0 Å². The lowest BCUT2D eigenvalue weighted by Crippen LogP contribution is -2.44. The number of rotatable bonds is 3. The Morgan fingerprint density at radius 1 is 0.750 bits per heavy atom. The summed E-state index contributed by atoms with van der Waals surface area (Å²) in [5, 5.41) is 0. The molecule has 0 heterocycles. The van der Waals surface area contributed by atoms with E-state index in [2.05, 4.69) is 11.8 Å². The average molecular weight is 246 g/mol. The highest BCUT2D eigenvalue weighted by molar-refractivity contribution is 5.85. The third-order valence-electron chi connectivity index (χ3n) is 4.45. The van der Waals surface area contributed by atoms with E-state index in [0.717, 1.165) is 12.1 Å². The predicted octanol–water partition coefficient (Wildman–Crippen LogP) is 4.40. The zero-order valence-electron chi connectivity index (χ0n) is 10.8. The van der Waals surface area contributed by atoms with Crippen LogP contribution in [-0.4, -0.2) is 23.5 Å². The summed E-state index contributed by atoms with van der Waals surface area (Å²) in [5.74, 6) is 0. The minimum Gasteiger partial charge on any atom is -0.298 e. The monoisotopic (exact) mass is 245 g/mol. The van der Waals surface area contributed by atoms with E-state index in [-0.39, 0.29) is 12.4 Å². The Kier molecular flexibility index (Phi) is 6.75. The van der Waals surface area contributed by atoms with E-state index in [4.69, 9.17) is 0 Å². The lowest BCUT2D eigenvalue weighted by molar-refractivity contribution is 0.0869. The van der Waals surface area contributed by atoms with Gasteiger partial charge in [0.05, 0.1) is 0 Å². The van der Waals surface area contributed by atoms with Crippen LogP contribution in [0.2, 0.25) is 0 Å². The van der Waals surface area contributed by atoms with E-state index in [1.54, 1.807) is 0 Å². The van der Waals surface area contributed by atoms with Gasteiger partial charge in [-0.3, -0.25) is 4.90 Å². The zero-order chi connectivity index (χ0) is 10.5. The fourth-order valence-corrected chi connectivity index (χ4v) is 3.64. The molecule has 0 spiro atoms. The largest absolute Gasteiger partial charge is 0.298 e. The quantitative estimate of drug-likeness (QED) is 0.713. The molecule has 2 saturated carbocycles. The van der Waals surface area contributed by atoms with Crippen LogP contribution < -0.4 is 0 Å². The molecule has 2 heteroatoms. The summed E-state index contributed by atoms with van der Waals surface area (Å²) in [6.45, 7) is 3.65. The van der Waals surface area contributed by atoms with Gasteiger partial charge in [-0.15, -0.1) is 12.4 Å². The van der Waals surface area contributed by atoms with Crippen molar-refractivity contribution in [3.63, 3.8) is 0 Å². The molecule has 0 aliphatic heterocycles. The first-order valence-electron chi connectivity index (χ1n) is 7.17. The fraction of sp³-hybridized carbons (Fsp3) is 1.00. The molecule has 0 radical (unpaired) electrons. The molecule has 0 amide bonds. The molecule has 2 aliphatic carbocycles. The second-order valence-corrected chi connectivity index (χ2v) is 5.41. The van der Waals surface area contributed by atoms with Crippen molar-refractivity contribution >= 4 is 12.4 Å². The Labute approximate surface area is 107 Å². The van der Waals surface area contributed by atoms with E-state index in [0.29, 0.717) is 0 Å². The molecular formula is C14H28ClN. The Morgan fingerprint density at radius 2 is 1.12 bits per heavy atom. The van der Waals surface area contributed by atoms with E-state index in [9.17, 15) is 0 Å². The first-order valence-corrected chi connectivity index (χ1v) is 7.17. The SMILES string of the molecule is CCN(C1CCCCC1)C1CCCCC1.Cl. The van der Waals surface area contributed by atoms with Gasteiger partial charge in [0.25, 0.3) is 0 Å². The van der Waals surface area contributed by atoms with Crippen LogP contribution in [0.1, 0.15) is 71.1 Å². The van der Waals surface area contributed by atoms with Crippen LogP contribution in [0.25, 0.3) is 0 Å². The molecule has 0 aromatic carbocycles. The summed E-state index contributed by atoms with van der Waals surface area (Å²) >= 11 is 0. The van der Waals surface area contributed by atoms with Crippen molar-refractivity contribution in [1.29, 1.82) is 0 Å². The third kappa shape index (κ3) is 3.63.